The molecule has 0 aliphatic carbocycles. The molecule has 0 atom stereocenters. The molecule has 0 aromatic carbocycles. The average Bonchev–Trinajstić information content (AvgIpc) is 2.68. The minimum absolute atomic E-state index is 0.303. The number of urea groups is 1. The number of ether oxygens (including phenoxy) is 1. The predicted octanol–water partition coefficient (Wildman–Crippen LogP) is 2.80. The van der Waals surface area contributed by atoms with Crippen LogP contribution in [0.3, 0.4) is 0 Å². The standard InChI is InChI=1S/C18H23N5O2/c1-25-17-15(6-5-8-20-17)22-18(24)21-13-14-7-9-19-16(12-14)23-10-3-2-4-11-23/h5-9,12H,2-4,10-11,13H2,1H3,(H2,21,22,24). The average molecular weight is 341 g/mol. The highest BCUT2D eigenvalue weighted by atomic mass is 16.5. The summed E-state index contributed by atoms with van der Waals surface area (Å²) in [5.41, 5.74) is 1.55. The van der Waals surface area contributed by atoms with E-state index in [2.05, 4.69) is 25.5 Å². The Labute approximate surface area is 147 Å². The molecular weight excluding hydrogens is 318 g/mol. The summed E-state index contributed by atoms with van der Waals surface area (Å²) in [4.78, 5) is 22.9. The zero-order valence-corrected chi connectivity index (χ0v) is 14.4. The quantitative estimate of drug-likeness (QED) is 0.874. The fourth-order valence-electron chi connectivity index (χ4n) is 2.86. The Kier molecular flexibility index (Phi) is 5.66. The molecule has 25 heavy (non-hydrogen) atoms. The van der Waals surface area contributed by atoms with E-state index in [4.69, 9.17) is 4.74 Å². The molecule has 7 nitrogen and oxygen atoms in total. The highest BCUT2D eigenvalue weighted by Crippen LogP contribution is 2.20. The van der Waals surface area contributed by atoms with Crippen LogP contribution >= 0.6 is 0 Å². The van der Waals surface area contributed by atoms with Crippen LogP contribution in [0.2, 0.25) is 0 Å². The Balaban J connectivity index is 1.57. The summed E-state index contributed by atoms with van der Waals surface area (Å²) < 4.78 is 5.12. The van der Waals surface area contributed by atoms with Gasteiger partial charge in [0.05, 0.1) is 7.11 Å². The number of carbonyl (C=O) groups excluding carboxylic acids is 1. The number of methoxy groups -OCH3 is 1. The highest BCUT2D eigenvalue weighted by molar-refractivity contribution is 5.90. The summed E-state index contributed by atoms with van der Waals surface area (Å²) in [5, 5.41) is 5.60. The fraction of sp³-hybridized carbons (Fsp3) is 0.389. The second kappa shape index (κ2) is 8.32. The van der Waals surface area contributed by atoms with Gasteiger partial charge in [0.2, 0.25) is 5.88 Å². The van der Waals surface area contributed by atoms with Crippen molar-refractivity contribution in [3.8, 4) is 5.88 Å². The number of anilines is 2. The summed E-state index contributed by atoms with van der Waals surface area (Å²) in [6.45, 7) is 2.52. The molecule has 7 heteroatoms. The Bertz CT molecular complexity index is 716. The van der Waals surface area contributed by atoms with Gasteiger partial charge in [-0.3, -0.25) is 0 Å². The molecule has 1 fully saturated rings. The SMILES string of the molecule is COc1ncccc1NC(=O)NCc1ccnc(N2CCCCC2)c1. The molecule has 2 N–H and O–H groups in total. The maximum atomic E-state index is 12.1. The number of rotatable bonds is 5. The van der Waals surface area contributed by atoms with Gasteiger partial charge in [-0.25, -0.2) is 14.8 Å². The lowest BCUT2D eigenvalue weighted by molar-refractivity contribution is 0.251. The van der Waals surface area contributed by atoms with Crippen molar-refractivity contribution in [1.29, 1.82) is 0 Å². The van der Waals surface area contributed by atoms with E-state index >= 15 is 0 Å². The van der Waals surface area contributed by atoms with E-state index in [0.29, 0.717) is 18.1 Å². The molecule has 2 amide bonds. The van der Waals surface area contributed by atoms with Crippen LogP contribution in [-0.2, 0) is 6.54 Å². The Morgan fingerprint density at radius 3 is 2.84 bits per heavy atom. The van der Waals surface area contributed by atoms with Gasteiger partial charge in [-0.2, -0.15) is 0 Å². The van der Waals surface area contributed by atoms with E-state index in [0.717, 1.165) is 24.5 Å². The number of piperidine rings is 1. The molecule has 0 radical (unpaired) electrons. The predicted molar refractivity (Wildman–Crippen MR) is 96.9 cm³/mol. The minimum Gasteiger partial charge on any atom is -0.480 e. The van der Waals surface area contributed by atoms with Crippen molar-refractivity contribution in [2.75, 3.05) is 30.4 Å². The van der Waals surface area contributed by atoms with E-state index in [1.165, 1.54) is 26.4 Å². The Morgan fingerprint density at radius 1 is 1.20 bits per heavy atom. The molecule has 2 aromatic heterocycles. The lowest BCUT2D eigenvalue weighted by Crippen LogP contribution is -2.31. The lowest BCUT2D eigenvalue weighted by Gasteiger charge is -2.27. The Hall–Kier alpha value is -2.83. The number of amides is 2. The first kappa shape index (κ1) is 17.0. The van der Waals surface area contributed by atoms with E-state index in [1.54, 1.807) is 24.5 Å². The number of nitrogens with one attached hydrogen (secondary N) is 2. The summed E-state index contributed by atoms with van der Waals surface area (Å²) in [6, 6.07) is 7.13. The second-order valence-corrected chi connectivity index (χ2v) is 5.94. The van der Waals surface area contributed by atoms with Gasteiger partial charge in [0.15, 0.2) is 0 Å². The van der Waals surface area contributed by atoms with E-state index in [9.17, 15) is 4.79 Å². The van der Waals surface area contributed by atoms with Gasteiger partial charge in [0, 0.05) is 32.0 Å². The summed E-state index contributed by atoms with van der Waals surface area (Å²) in [5.74, 6) is 1.36. The molecule has 1 saturated heterocycles. The van der Waals surface area contributed by atoms with Crippen molar-refractivity contribution in [2.24, 2.45) is 0 Å². The number of pyridine rings is 2. The smallest absolute Gasteiger partial charge is 0.319 e. The van der Waals surface area contributed by atoms with Crippen molar-refractivity contribution >= 4 is 17.5 Å². The summed E-state index contributed by atoms with van der Waals surface area (Å²) in [6.07, 6.45) is 7.11. The monoisotopic (exact) mass is 341 g/mol. The molecule has 1 aliphatic rings. The zero-order valence-electron chi connectivity index (χ0n) is 14.4. The third-order valence-corrected chi connectivity index (χ3v) is 4.16. The van der Waals surface area contributed by atoms with Gasteiger partial charge in [-0.15, -0.1) is 0 Å². The van der Waals surface area contributed by atoms with Crippen LogP contribution in [0.25, 0.3) is 0 Å². The van der Waals surface area contributed by atoms with Gasteiger partial charge in [0.1, 0.15) is 11.5 Å². The normalized spacial score (nSPS) is 14.0. The molecule has 1 aliphatic heterocycles. The fourth-order valence-corrected chi connectivity index (χ4v) is 2.86. The summed E-state index contributed by atoms with van der Waals surface area (Å²) in [7, 11) is 1.52. The first-order chi connectivity index (χ1) is 12.3. The molecule has 132 valence electrons. The van der Waals surface area contributed by atoms with Gasteiger partial charge in [-0.05, 0) is 49.1 Å². The second-order valence-electron chi connectivity index (χ2n) is 5.94. The molecule has 3 rings (SSSR count). The van der Waals surface area contributed by atoms with Crippen molar-refractivity contribution in [3.63, 3.8) is 0 Å². The van der Waals surface area contributed by atoms with Crippen LogP contribution in [0.5, 0.6) is 5.88 Å². The molecule has 0 spiro atoms. The molecule has 2 aromatic rings. The maximum Gasteiger partial charge on any atom is 0.319 e. The van der Waals surface area contributed by atoms with Gasteiger partial charge < -0.3 is 20.3 Å². The first-order valence-corrected chi connectivity index (χ1v) is 8.50. The zero-order chi connectivity index (χ0) is 17.5. The molecule has 3 heterocycles. The van der Waals surface area contributed by atoms with E-state index in [1.807, 2.05) is 12.1 Å². The number of carbonyl (C=O) groups is 1. The molecule has 0 unspecified atom stereocenters. The highest BCUT2D eigenvalue weighted by Gasteiger charge is 2.13. The number of aromatic nitrogens is 2. The first-order valence-electron chi connectivity index (χ1n) is 8.50. The van der Waals surface area contributed by atoms with Crippen LogP contribution in [0, 0.1) is 0 Å². The van der Waals surface area contributed by atoms with Crippen molar-refractivity contribution in [3.05, 3.63) is 42.2 Å². The Morgan fingerprint density at radius 2 is 2.04 bits per heavy atom. The third kappa shape index (κ3) is 4.59. The van der Waals surface area contributed by atoms with Gasteiger partial charge in [-0.1, -0.05) is 0 Å². The van der Waals surface area contributed by atoms with Crippen LogP contribution in [0.15, 0.2) is 36.7 Å². The van der Waals surface area contributed by atoms with Crippen LogP contribution in [0.1, 0.15) is 24.8 Å². The van der Waals surface area contributed by atoms with E-state index < -0.39 is 0 Å². The molecule has 0 bridgehead atoms. The topological polar surface area (TPSA) is 79.4 Å². The maximum absolute atomic E-state index is 12.1. The van der Waals surface area contributed by atoms with Crippen LogP contribution in [-0.4, -0.2) is 36.2 Å². The number of nitrogens with zero attached hydrogens (tertiary/aromatic N) is 3. The van der Waals surface area contributed by atoms with Gasteiger partial charge >= 0.3 is 6.03 Å². The van der Waals surface area contributed by atoms with E-state index in [-0.39, 0.29) is 6.03 Å². The molecule has 0 saturated carbocycles. The van der Waals surface area contributed by atoms with Gasteiger partial charge in [0.25, 0.3) is 0 Å². The lowest BCUT2D eigenvalue weighted by atomic mass is 10.1. The third-order valence-electron chi connectivity index (χ3n) is 4.16. The largest absolute Gasteiger partial charge is 0.480 e. The van der Waals surface area contributed by atoms with Crippen molar-refractivity contribution in [1.82, 2.24) is 15.3 Å². The number of hydrogen-bond donors (Lipinski definition) is 2. The molecular formula is C18H23N5O2. The van der Waals surface area contributed by atoms with Crippen LogP contribution in [0.4, 0.5) is 16.3 Å². The van der Waals surface area contributed by atoms with Crippen LogP contribution < -0.4 is 20.3 Å². The number of hydrogen-bond acceptors (Lipinski definition) is 5. The summed E-state index contributed by atoms with van der Waals surface area (Å²) >= 11 is 0. The van der Waals surface area contributed by atoms with Crippen molar-refractivity contribution in [2.45, 2.75) is 25.8 Å². The van der Waals surface area contributed by atoms with Crippen molar-refractivity contribution < 1.29 is 9.53 Å². The minimum atomic E-state index is -0.303.